The largest absolute Gasteiger partial charge is 0.486 e. The molecular weight excluding hydrogens is 322 g/mol. The molecule has 1 saturated heterocycles. The third-order valence-electron chi connectivity index (χ3n) is 4.23. The Hall–Kier alpha value is -2.38. The van der Waals surface area contributed by atoms with E-state index in [0.29, 0.717) is 30.9 Å². The maximum atomic E-state index is 12.4. The molecule has 0 bridgehead atoms. The van der Waals surface area contributed by atoms with Gasteiger partial charge in [0.2, 0.25) is 0 Å². The van der Waals surface area contributed by atoms with Gasteiger partial charge in [0, 0.05) is 19.3 Å². The Morgan fingerprint density at radius 2 is 2.24 bits per heavy atom. The van der Waals surface area contributed by atoms with Crippen LogP contribution in [0.5, 0.6) is 5.75 Å². The van der Waals surface area contributed by atoms with Crippen molar-refractivity contribution >= 4 is 5.91 Å². The van der Waals surface area contributed by atoms with Crippen molar-refractivity contribution in [2.75, 3.05) is 13.2 Å². The molecule has 1 aliphatic heterocycles. The second-order valence-electron chi connectivity index (χ2n) is 5.99. The second-order valence-corrected chi connectivity index (χ2v) is 5.99. The predicted molar refractivity (Wildman–Crippen MR) is 91.4 cm³/mol. The number of hydrogen-bond donors (Lipinski definition) is 2. The number of rotatable bonds is 6. The zero-order valence-corrected chi connectivity index (χ0v) is 14.2. The summed E-state index contributed by atoms with van der Waals surface area (Å²) in [6.07, 6.45) is 3.73. The molecule has 2 atom stereocenters. The number of aliphatic hydroxyl groups excluding tert-OH is 1. The number of nitrogens with zero attached hydrogens (tertiary/aromatic N) is 2. The van der Waals surface area contributed by atoms with Gasteiger partial charge in [-0.3, -0.25) is 9.48 Å². The van der Waals surface area contributed by atoms with Crippen LogP contribution < -0.4 is 10.1 Å². The van der Waals surface area contributed by atoms with Crippen LogP contribution >= 0.6 is 0 Å². The van der Waals surface area contributed by atoms with Crippen LogP contribution in [0.2, 0.25) is 0 Å². The fraction of sp³-hybridized carbons (Fsp3) is 0.444. The predicted octanol–water partition coefficient (Wildman–Crippen LogP) is 1.36. The first-order chi connectivity index (χ1) is 12.2. The summed E-state index contributed by atoms with van der Waals surface area (Å²) in [4.78, 5) is 12.4. The van der Waals surface area contributed by atoms with Crippen LogP contribution in [0.4, 0.5) is 0 Å². The quantitative estimate of drug-likeness (QED) is 0.826. The lowest BCUT2D eigenvalue weighted by Gasteiger charge is -2.32. The molecule has 1 aromatic heterocycles. The molecule has 7 heteroatoms. The highest BCUT2D eigenvalue weighted by Gasteiger charge is 2.29. The summed E-state index contributed by atoms with van der Waals surface area (Å²) in [6.45, 7) is 3.69. The van der Waals surface area contributed by atoms with Gasteiger partial charge >= 0.3 is 0 Å². The lowest BCUT2D eigenvalue weighted by atomic mass is 10.1. The number of amides is 1. The fourth-order valence-corrected chi connectivity index (χ4v) is 2.75. The molecule has 0 spiro atoms. The van der Waals surface area contributed by atoms with Crippen molar-refractivity contribution in [2.24, 2.45) is 0 Å². The molecule has 1 aromatic carbocycles. The number of aryl methyl sites for hydroxylation is 1. The highest BCUT2D eigenvalue weighted by atomic mass is 16.5. The Morgan fingerprint density at radius 1 is 1.44 bits per heavy atom. The number of ether oxygens (including phenoxy) is 2. The highest BCUT2D eigenvalue weighted by molar-refractivity contribution is 5.93. The Morgan fingerprint density at radius 3 is 2.92 bits per heavy atom. The third-order valence-corrected chi connectivity index (χ3v) is 4.23. The van der Waals surface area contributed by atoms with E-state index in [2.05, 4.69) is 10.4 Å². The van der Waals surface area contributed by atoms with E-state index in [1.807, 2.05) is 31.2 Å². The Bertz CT molecular complexity index is 699. The molecular formula is C18H23N3O4. The van der Waals surface area contributed by atoms with Gasteiger partial charge in [-0.2, -0.15) is 5.10 Å². The van der Waals surface area contributed by atoms with Crippen LogP contribution in [0.1, 0.15) is 29.3 Å². The van der Waals surface area contributed by atoms with Crippen molar-refractivity contribution in [3.63, 3.8) is 0 Å². The number of carbonyl (C=O) groups is 1. The molecule has 0 saturated carbocycles. The van der Waals surface area contributed by atoms with E-state index in [1.54, 1.807) is 17.1 Å². The first-order valence-electron chi connectivity index (χ1n) is 8.47. The lowest BCUT2D eigenvalue weighted by molar-refractivity contribution is -0.0135. The summed E-state index contributed by atoms with van der Waals surface area (Å²) in [7, 11) is 0. The standard InChI is InChI=1S/C18H23N3O4/c1-2-21-10-14(9-19-21)18(23)20-16-7-8-24-12-17(16)25-15-5-3-13(11-22)4-6-15/h3-6,9-10,16-17,22H,2,7-8,11-12H2,1H3,(H,20,23)/t16-,17-/m1/s1. The first-order valence-corrected chi connectivity index (χ1v) is 8.47. The zero-order chi connectivity index (χ0) is 17.6. The van der Waals surface area contributed by atoms with Crippen LogP contribution in [0.15, 0.2) is 36.7 Å². The van der Waals surface area contributed by atoms with E-state index in [9.17, 15) is 4.79 Å². The molecule has 2 aromatic rings. The van der Waals surface area contributed by atoms with Crippen LogP contribution in [-0.2, 0) is 17.9 Å². The molecule has 0 radical (unpaired) electrons. The number of hydrogen-bond acceptors (Lipinski definition) is 5. The maximum absolute atomic E-state index is 12.4. The van der Waals surface area contributed by atoms with Gasteiger partial charge in [0.05, 0.1) is 31.0 Å². The molecule has 134 valence electrons. The van der Waals surface area contributed by atoms with E-state index in [0.717, 1.165) is 12.1 Å². The Kier molecular flexibility index (Phi) is 5.67. The van der Waals surface area contributed by atoms with Gasteiger partial charge in [-0.05, 0) is 31.0 Å². The van der Waals surface area contributed by atoms with Gasteiger partial charge in [0.15, 0.2) is 0 Å². The van der Waals surface area contributed by atoms with Crippen LogP contribution in [-0.4, -0.2) is 46.2 Å². The average molecular weight is 345 g/mol. The Labute approximate surface area is 146 Å². The molecule has 2 N–H and O–H groups in total. The molecule has 3 rings (SSSR count). The third kappa shape index (κ3) is 4.37. The van der Waals surface area contributed by atoms with Crippen molar-refractivity contribution in [3.8, 4) is 5.75 Å². The summed E-state index contributed by atoms with van der Waals surface area (Å²) in [5, 5.41) is 16.3. The number of benzene rings is 1. The summed E-state index contributed by atoms with van der Waals surface area (Å²) in [6, 6.07) is 7.11. The van der Waals surface area contributed by atoms with E-state index in [-0.39, 0.29) is 24.7 Å². The van der Waals surface area contributed by atoms with E-state index in [4.69, 9.17) is 14.6 Å². The fourth-order valence-electron chi connectivity index (χ4n) is 2.75. The average Bonchev–Trinajstić information content (AvgIpc) is 3.13. The molecule has 7 nitrogen and oxygen atoms in total. The summed E-state index contributed by atoms with van der Waals surface area (Å²) in [5.74, 6) is 0.529. The van der Waals surface area contributed by atoms with Gasteiger partial charge in [0.1, 0.15) is 11.9 Å². The monoisotopic (exact) mass is 345 g/mol. The SMILES string of the molecule is CCn1cc(C(=O)N[C@@H]2CCOC[C@H]2Oc2ccc(CO)cc2)cn1. The highest BCUT2D eigenvalue weighted by Crippen LogP contribution is 2.19. The van der Waals surface area contributed by atoms with Crippen molar-refractivity contribution < 1.29 is 19.4 Å². The van der Waals surface area contributed by atoms with Crippen molar-refractivity contribution in [1.29, 1.82) is 0 Å². The molecule has 2 heterocycles. The normalized spacial score (nSPS) is 20.2. The number of nitrogens with one attached hydrogen (secondary N) is 1. The lowest BCUT2D eigenvalue weighted by Crippen LogP contribution is -2.51. The molecule has 1 amide bonds. The van der Waals surface area contributed by atoms with Crippen LogP contribution in [0.25, 0.3) is 0 Å². The molecule has 25 heavy (non-hydrogen) atoms. The van der Waals surface area contributed by atoms with Gasteiger partial charge < -0.3 is 19.9 Å². The minimum absolute atomic E-state index is 0.00303. The first kappa shape index (κ1) is 17.4. The second kappa shape index (κ2) is 8.13. The van der Waals surface area contributed by atoms with Gasteiger partial charge in [0.25, 0.3) is 5.91 Å². The zero-order valence-electron chi connectivity index (χ0n) is 14.2. The van der Waals surface area contributed by atoms with Gasteiger partial charge in [-0.15, -0.1) is 0 Å². The topological polar surface area (TPSA) is 85.6 Å². The molecule has 1 aliphatic rings. The van der Waals surface area contributed by atoms with Gasteiger partial charge in [-0.1, -0.05) is 12.1 Å². The van der Waals surface area contributed by atoms with Crippen molar-refractivity contribution in [3.05, 3.63) is 47.8 Å². The maximum Gasteiger partial charge on any atom is 0.254 e. The molecule has 1 fully saturated rings. The molecule has 0 aliphatic carbocycles. The smallest absolute Gasteiger partial charge is 0.254 e. The minimum atomic E-state index is -0.265. The summed E-state index contributed by atoms with van der Waals surface area (Å²) >= 11 is 0. The van der Waals surface area contributed by atoms with E-state index >= 15 is 0 Å². The van der Waals surface area contributed by atoms with Crippen LogP contribution in [0.3, 0.4) is 0 Å². The number of aromatic nitrogens is 2. The minimum Gasteiger partial charge on any atom is -0.486 e. The summed E-state index contributed by atoms with van der Waals surface area (Å²) < 4.78 is 13.2. The van der Waals surface area contributed by atoms with Crippen molar-refractivity contribution in [2.45, 2.75) is 38.6 Å². The van der Waals surface area contributed by atoms with Gasteiger partial charge in [-0.25, -0.2) is 0 Å². The number of aliphatic hydroxyl groups is 1. The summed E-state index contributed by atoms with van der Waals surface area (Å²) in [5.41, 5.74) is 1.37. The van der Waals surface area contributed by atoms with Crippen molar-refractivity contribution in [1.82, 2.24) is 15.1 Å². The Balaban J connectivity index is 1.64. The molecule has 0 unspecified atom stereocenters. The van der Waals surface area contributed by atoms with E-state index in [1.165, 1.54) is 0 Å². The number of carbonyl (C=O) groups excluding carboxylic acids is 1. The van der Waals surface area contributed by atoms with E-state index < -0.39 is 0 Å². The van der Waals surface area contributed by atoms with Crippen LogP contribution in [0, 0.1) is 0 Å².